The second-order valence-corrected chi connectivity index (χ2v) is 6.45. The van der Waals surface area contributed by atoms with Crippen LogP contribution in [0.2, 0.25) is 0 Å². The molecule has 0 saturated carbocycles. The van der Waals surface area contributed by atoms with Gasteiger partial charge in [-0.1, -0.05) is 18.2 Å². The van der Waals surface area contributed by atoms with Crippen LogP contribution in [0.15, 0.2) is 48.4 Å². The number of ketones is 2. The van der Waals surface area contributed by atoms with Gasteiger partial charge < -0.3 is 4.90 Å². The minimum Gasteiger partial charge on any atom is -0.347 e. The van der Waals surface area contributed by atoms with E-state index >= 15 is 0 Å². The molecule has 1 aliphatic heterocycles. The van der Waals surface area contributed by atoms with E-state index in [4.69, 9.17) is 0 Å². The van der Waals surface area contributed by atoms with Crippen LogP contribution in [-0.4, -0.2) is 49.5 Å². The lowest BCUT2D eigenvalue weighted by atomic mass is 9.88. The Balaban J connectivity index is 1.93. The molecule has 1 aliphatic rings. The summed E-state index contributed by atoms with van der Waals surface area (Å²) in [4.78, 5) is 40.2. The van der Waals surface area contributed by atoms with Crippen molar-refractivity contribution in [3.05, 3.63) is 53.3 Å². The van der Waals surface area contributed by atoms with Crippen LogP contribution < -0.4 is 0 Å². The van der Waals surface area contributed by atoms with Crippen molar-refractivity contribution in [3.8, 4) is 0 Å². The van der Waals surface area contributed by atoms with Gasteiger partial charge in [-0.05, 0) is 28.3 Å². The van der Waals surface area contributed by atoms with Gasteiger partial charge in [0.2, 0.25) is 5.54 Å². The molecule has 0 aromatic carbocycles. The van der Waals surface area contributed by atoms with Crippen LogP contribution in [0, 0.1) is 0 Å². The Morgan fingerprint density at radius 1 is 1.28 bits per heavy atom. The lowest BCUT2D eigenvalue weighted by Crippen LogP contribution is -2.54. The van der Waals surface area contributed by atoms with Gasteiger partial charge >= 0.3 is 0 Å². The highest BCUT2D eigenvalue weighted by atomic mass is 32.1. The minimum atomic E-state index is -2.08. The van der Waals surface area contributed by atoms with Gasteiger partial charge in [0.05, 0.1) is 6.54 Å². The molecular formula is C16H15N5O3S. The predicted molar refractivity (Wildman–Crippen MR) is 89.5 cm³/mol. The molecule has 0 N–H and O–H groups in total. The highest BCUT2D eigenvalue weighted by molar-refractivity contribution is 7.10. The van der Waals surface area contributed by atoms with E-state index in [1.54, 1.807) is 29.4 Å². The van der Waals surface area contributed by atoms with Crippen LogP contribution in [0.5, 0.6) is 0 Å². The Bertz CT molecular complexity index is 801. The lowest BCUT2D eigenvalue weighted by molar-refractivity contribution is -0.143. The fraction of sp³-hybridized carbons (Fsp3) is 0.250. The smallest absolute Gasteiger partial charge is 0.238 e. The summed E-state index contributed by atoms with van der Waals surface area (Å²) in [5.41, 5.74) is -2.08. The van der Waals surface area contributed by atoms with E-state index in [0.717, 1.165) is 22.3 Å². The third-order valence-electron chi connectivity index (χ3n) is 3.84. The molecule has 0 fully saturated rings. The maximum Gasteiger partial charge on any atom is 0.238 e. The molecule has 0 radical (unpaired) electrons. The molecule has 1 unspecified atom stereocenters. The highest BCUT2D eigenvalue weighted by Crippen LogP contribution is 2.21. The second kappa shape index (κ2) is 7.31. The van der Waals surface area contributed by atoms with E-state index in [0.29, 0.717) is 6.29 Å². The molecule has 2 aromatic rings. The molecule has 1 atom stereocenters. The van der Waals surface area contributed by atoms with Gasteiger partial charge in [0.1, 0.15) is 6.33 Å². The number of thiophene rings is 1. The van der Waals surface area contributed by atoms with Gasteiger partial charge in [0.25, 0.3) is 0 Å². The maximum atomic E-state index is 13.0. The summed E-state index contributed by atoms with van der Waals surface area (Å²) in [5.74, 6) is -1.15. The van der Waals surface area contributed by atoms with Gasteiger partial charge in [-0.15, -0.1) is 16.4 Å². The van der Waals surface area contributed by atoms with Crippen molar-refractivity contribution in [2.75, 3.05) is 6.54 Å². The summed E-state index contributed by atoms with van der Waals surface area (Å²) >= 11 is 1.38. The zero-order valence-corrected chi connectivity index (χ0v) is 14.0. The number of aromatic nitrogens is 4. The molecule has 0 bridgehead atoms. The number of allylic oxidation sites excluding steroid dienone is 2. The zero-order valence-electron chi connectivity index (χ0n) is 13.2. The van der Waals surface area contributed by atoms with Gasteiger partial charge in [-0.25, -0.2) is 4.68 Å². The van der Waals surface area contributed by atoms with Gasteiger partial charge in [-0.3, -0.25) is 14.4 Å². The number of aldehydes is 1. The minimum absolute atomic E-state index is 0.0479. The average molecular weight is 357 g/mol. The molecule has 0 aliphatic carbocycles. The number of tetrazole rings is 1. The van der Waals surface area contributed by atoms with Gasteiger partial charge in [0, 0.05) is 23.7 Å². The second-order valence-electron chi connectivity index (χ2n) is 5.42. The van der Waals surface area contributed by atoms with Crippen LogP contribution in [0.25, 0.3) is 0 Å². The summed E-state index contributed by atoms with van der Waals surface area (Å²) in [5, 5.41) is 12.4. The molecule has 0 spiro atoms. The SMILES string of the molecule is O=CC(C(=O)Cc1cccs1)(C(=O)CN1C=CCC=C1)n1cnnn1. The Morgan fingerprint density at radius 3 is 2.68 bits per heavy atom. The standard InChI is InChI=1S/C16H15N5O3S/c22-11-16(21-12-17-18-19-21,14(23)9-13-5-4-8-25-13)15(24)10-20-6-2-1-3-7-20/h2-8,11-12H,1,9-10H2. The Labute approximate surface area is 147 Å². The van der Waals surface area contributed by atoms with E-state index < -0.39 is 17.1 Å². The number of hydrogen-bond donors (Lipinski definition) is 0. The van der Waals surface area contributed by atoms with Crippen LogP contribution >= 0.6 is 11.3 Å². The van der Waals surface area contributed by atoms with Crippen molar-refractivity contribution in [1.29, 1.82) is 0 Å². The first-order valence-electron chi connectivity index (χ1n) is 7.54. The summed E-state index contributed by atoms with van der Waals surface area (Å²) in [6.07, 6.45) is 9.38. The lowest BCUT2D eigenvalue weighted by Gasteiger charge is -2.27. The number of Topliss-reactive ketones (excluding diaryl/α,β-unsaturated/α-hetero) is 2. The van der Waals surface area contributed by atoms with E-state index in [9.17, 15) is 14.4 Å². The Morgan fingerprint density at radius 2 is 2.08 bits per heavy atom. The first-order valence-corrected chi connectivity index (χ1v) is 8.42. The summed E-state index contributed by atoms with van der Waals surface area (Å²) in [6, 6.07) is 3.58. The number of nitrogens with zero attached hydrogens (tertiary/aromatic N) is 5. The fourth-order valence-electron chi connectivity index (χ4n) is 2.54. The van der Waals surface area contributed by atoms with E-state index in [1.165, 1.54) is 11.3 Å². The molecule has 0 saturated heterocycles. The average Bonchev–Trinajstić information content (AvgIpc) is 3.31. The Hall–Kier alpha value is -2.94. The van der Waals surface area contributed by atoms with Crippen molar-refractivity contribution in [3.63, 3.8) is 0 Å². The number of hydrogen-bond acceptors (Lipinski definition) is 8. The van der Waals surface area contributed by atoms with E-state index in [2.05, 4.69) is 15.5 Å². The Kier molecular flexibility index (Phi) is 4.94. The third kappa shape index (κ3) is 3.31. The predicted octanol–water partition coefficient (Wildman–Crippen LogP) is 0.743. The van der Waals surface area contributed by atoms with Crippen LogP contribution in [0.4, 0.5) is 0 Å². The van der Waals surface area contributed by atoms with Gasteiger partial charge in [-0.2, -0.15) is 0 Å². The molecule has 9 heteroatoms. The summed E-state index contributed by atoms with van der Waals surface area (Å²) < 4.78 is 0.940. The normalized spacial score (nSPS) is 15.8. The summed E-state index contributed by atoms with van der Waals surface area (Å²) in [6.45, 7) is -0.137. The number of carbonyl (C=O) groups excluding carboxylic acids is 3. The van der Waals surface area contributed by atoms with Crippen LogP contribution in [0.1, 0.15) is 11.3 Å². The van der Waals surface area contributed by atoms with Crippen molar-refractivity contribution in [1.82, 2.24) is 25.1 Å². The quantitative estimate of drug-likeness (QED) is 0.508. The topological polar surface area (TPSA) is 98.1 Å². The van der Waals surface area contributed by atoms with Crippen LogP contribution in [-0.2, 0) is 26.3 Å². The zero-order chi connectivity index (χ0) is 17.7. The van der Waals surface area contributed by atoms with Crippen molar-refractivity contribution in [2.45, 2.75) is 18.4 Å². The van der Waals surface area contributed by atoms with Crippen molar-refractivity contribution >= 4 is 29.2 Å². The molecule has 2 aromatic heterocycles. The van der Waals surface area contributed by atoms with Crippen molar-refractivity contribution < 1.29 is 14.4 Å². The fourth-order valence-corrected chi connectivity index (χ4v) is 3.24. The largest absolute Gasteiger partial charge is 0.347 e. The number of carbonyl (C=O) groups is 3. The monoisotopic (exact) mass is 357 g/mol. The molecular weight excluding hydrogens is 342 g/mol. The maximum absolute atomic E-state index is 13.0. The highest BCUT2D eigenvalue weighted by Gasteiger charge is 2.48. The molecule has 25 heavy (non-hydrogen) atoms. The van der Waals surface area contributed by atoms with Crippen molar-refractivity contribution in [2.24, 2.45) is 0 Å². The molecule has 8 nitrogen and oxygen atoms in total. The molecule has 3 rings (SSSR count). The van der Waals surface area contributed by atoms with Crippen LogP contribution in [0.3, 0.4) is 0 Å². The van der Waals surface area contributed by atoms with E-state index in [1.807, 2.05) is 17.5 Å². The number of rotatable bonds is 8. The summed E-state index contributed by atoms with van der Waals surface area (Å²) in [7, 11) is 0. The first kappa shape index (κ1) is 16.9. The first-order chi connectivity index (χ1) is 12.2. The van der Waals surface area contributed by atoms with Gasteiger partial charge in [0.15, 0.2) is 17.9 Å². The molecule has 0 amide bonds. The third-order valence-corrected chi connectivity index (χ3v) is 4.71. The molecule has 3 heterocycles. The van der Waals surface area contributed by atoms with E-state index in [-0.39, 0.29) is 13.0 Å². The molecule has 128 valence electrons.